The number of carbonyl (C=O) groups is 1. The molecule has 0 unspecified atom stereocenters. The lowest BCUT2D eigenvalue weighted by molar-refractivity contribution is 0.102. The first kappa shape index (κ1) is 18.9. The Balaban J connectivity index is 2.36. The van der Waals surface area contributed by atoms with E-state index in [1.807, 2.05) is 0 Å². The monoisotopic (exact) mass is 366 g/mol. The molecule has 0 spiro atoms. The van der Waals surface area contributed by atoms with Gasteiger partial charge in [-0.25, -0.2) is 17.5 Å². The summed E-state index contributed by atoms with van der Waals surface area (Å²) in [6, 6.07) is 9.14. The third-order valence-electron chi connectivity index (χ3n) is 3.19. The molecule has 2 rings (SSSR count). The van der Waals surface area contributed by atoms with E-state index in [4.69, 9.17) is 4.74 Å². The summed E-state index contributed by atoms with van der Waals surface area (Å²) in [6.45, 7) is 3.37. The molecule has 2 aromatic rings. The molecule has 1 amide bonds. The lowest BCUT2D eigenvalue weighted by Crippen LogP contribution is -2.30. The van der Waals surface area contributed by atoms with Gasteiger partial charge in [0, 0.05) is 17.3 Å². The Morgan fingerprint density at radius 3 is 2.48 bits per heavy atom. The molecule has 2 N–H and O–H groups in total. The van der Waals surface area contributed by atoms with Gasteiger partial charge in [0.15, 0.2) is 0 Å². The second kappa shape index (κ2) is 7.62. The summed E-state index contributed by atoms with van der Waals surface area (Å²) in [7, 11) is -2.51. The average molecular weight is 366 g/mol. The summed E-state index contributed by atoms with van der Waals surface area (Å²) in [5.74, 6) is -0.929. The zero-order valence-electron chi connectivity index (χ0n) is 14.0. The quantitative estimate of drug-likeness (QED) is 0.823. The predicted octanol–water partition coefficient (Wildman–Crippen LogP) is 2.77. The molecule has 0 heterocycles. The number of halogens is 1. The van der Waals surface area contributed by atoms with Crippen LogP contribution in [0.4, 0.5) is 10.1 Å². The first-order valence-corrected chi connectivity index (χ1v) is 8.98. The van der Waals surface area contributed by atoms with Crippen LogP contribution < -0.4 is 14.8 Å². The number of hydrogen-bond acceptors (Lipinski definition) is 4. The summed E-state index contributed by atoms with van der Waals surface area (Å²) in [5.41, 5.74) is 0.375. The molecule has 8 heteroatoms. The van der Waals surface area contributed by atoms with Crippen molar-refractivity contribution in [3.63, 3.8) is 0 Å². The maximum Gasteiger partial charge on any atom is 0.255 e. The van der Waals surface area contributed by atoms with Gasteiger partial charge in [0.25, 0.3) is 5.91 Å². The Kier molecular flexibility index (Phi) is 5.76. The number of benzene rings is 2. The highest BCUT2D eigenvalue weighted by molar-refractivity contribution is 7.89. The second-order valence-electron chi connectivity index (χ2n) is 5.61. The Labute approximate surface area is 146 Å². The number of amides is 1. The van der Waals surface area contributed by atoms with E-state index in [1.165, 1.54) is 49.6 Å². The van der Waals surface area contributed by atoms with Gasteiger partial charge in [0.05, 0.1) is 7.11 Å². The van der Waals surface area contributed by atoms with Crippen molar-refractivity contribution >= 4 is 21.6 Å². The van der Waals surface area contributed by atoms with Gasteiger partial charge < -0.3 is 10.1 Å². The zero-order chi connectivity index (χ0) is 18.6. The zero-order valence-corrected chi connectivity index (χ0v) is 14.9. The van der Waals surface area contributed by atoms with Crippen molar-refractivity contribution in [1.29, 1.82) is 0 Å². The van der Waals surface area contributed by atoms with Gasteiger partial charge in [0.1, 0.15) is 16.5 Å². The van der Waals surface area contributed by atoms with Crippen molar-refractivity contribution in [2.45, 2.75) is 24.8 Å². The Morgan fingerprint density at radius 2 is 1.88 bits per heavy atom. The number of sulfonamides is 1. The van der Waals surface area contributed by atoms with Crippen LogP contribution in [0.5, 0.6) is 5.75 Å². The van der Waals surface area contributed by atoms with Crippen molar-refractivity contribution in [3.05, 3.63) is 53.8 Å². The Morgan fingerprint density at radius 1 is 1.16 bits per heavy atom. The molecule has 0 saturated carbocycles. The molecule has 0 aliphatic carbocycles. The number of nitrogens with one attached hydrogen (secondary N) is 2. The molecular weight excluding hydrogens is 347 g/mol. The normalized spacial score (nSPS) is 11.4. The molecule has 6 nitrogen and oxygen atoms in total. The highest BCUT2D eigenvalue weighted by Crippen LogP contribution is 2.25. The van der Waals surface area contributed by atoms with Crippen LogP contribution in [-0.2, 0) is 10.0 Å². The van der Waals surface area contributed by atoms with E-state index < -0.39 is 21.7 Å². The first-order valence-electron chi connectivity index (χ1n) is 7.50. The average Bonchev–Trinajstić information content (AvgIpc) is 2.53. The van der Waals surface area contributed by atoms with E-state index >= 15 is 0 Å². The molecule has 0 saturated heterocycles. The van der Waals surface area contributed by atoms with Crippen LogP contribution in [0.1, 0.15) is 24.2 Å². The number of anilines is 1. The number of ether oxygens (including phenoxy) is 1. The largest absolute Gasteiger partial charge is 0.495 e. The SMILES string of the molecule is COc1ccc(C(=O)Nc2cccc(F)c2)cc1S(=O)(=O)NC(C)C. The molecule has 134 valence electrons. The number of rotatable bonds is 6. The van der Waals surface area contributed by atoms with Crippen LogP contribution in [0.15, 0.2) is 47.4 Å². The van der Waals surface area contributed by atoms with E-state index in [1.54, 1.807) is 13.8 Å². The molecule has 0 aliphatic rings. The van der Waals surface area contributed by atoms with Crippen LogP contribution in [-0.4, -0.2) is 27.5 Å². The van der Waals surface area contributed by atoms with Crippen LogP contribution in [0.25, 0.3) is 0 Å². The van der Waals surface area contributed by atoms with Crippen LogP contribution >= 0.6 is 0 Å². The van der Waals surface area contributed by atoms with Gasteiger partial charge in [-0.15, -0.1) is 0 Å². The van der Waals surface area contributed by atoms with E-state index in [-0.39, 0.29) is 27.9 Å². The van der Waals surface area contributed by atoms with E-state index in [9.17, 15) is 17.6 Å². The van der Waals surface area contributed by atoms with Crippen molar-refractivity contribution in [1.82, 2.24) is 4.72 Å². The maximum absolute atomic E-state index is 13.2. The topological polar surface area (TPSA) is 84.5 Å². The summed E-state index contributed by atoms with van der Waals surface area (Å²) in [6.07, 6.45) is 0. The van der Waals surface area contributed by atoms with E-state index in [2.05, 4.69) is 10.0 Å². The van der Waals surface area contributed by atoms with Gasteiger partial charge in [-0.2, -0.15) is 0 Å². The van der Waals surface area contributed by atoms with Crippen LogP contribution in [0.3, 0.4) is 0 Å². The molecule has 25 heavy (non-hydrogen) atoms. The highest BCUT2D eigenvalue weighted by atomic mass is 32.2. The minimum absolute atomic E-state index is 0.106. The van der Waals surface area contributed by atoms with Gasteiger partial charge in [-0.1, -0.05) is 6.07 Å². The lowest BCUT2D eigenvalue weighted by atomic mass is 10.2. The van der Waals surface area contributed by atoms with E-state index in [0.29, 0.717) is 0 Å². The summed E-state index contributed by atoms with van der Waals surface area (Å²) < 4.78 is 45.6. The van der Waals surface area contributed by atoms with Crippen molar-refractivity contribution in [3.8, 4) is 5.75 Å². The number of carbonyl (C=O) groups excluding carboxylic acids is 1. The lowest BCUT2D eigenvalue weighted by Gasteiger charge is -2.14. The van der Waals surface area contributed by atoms with E-state index in [0.717, 1.165) is 0 Å². The molecule has 0 bridgehead atoms. The fraction of sp³-hybridized carbons (Fsp3) is 0.235. The van der Waals surface area contributed by atoms with Gasteiger partial charge in [-0.3, -0.25) is 4.79 Å². The standard InChI is InChI=1S/C17H19FN2O4S/c1-11(2)20-25(22,23)16-9-12(7-8-15(16)24-3)17(21)19-14-6-4-5-13(18)10-14/h4-11,20H,1-3H3,(H,19,21). The third kappa shape index (κ3) is 4.77. The molecular formula is C17H19FN2O4S. The maximum atomic E-state index is 13.2. The summed E-state index contributed by atoms with van der Waals surface area (Å²) >= 11 is 0. The number of methoxy groups -OCH3 is 1. The Hall–Kier alpha value is -2.45. The van der Waals surface area contributed by atoms with Crippen LogP contribution in [0, 0.1) is 5.82 Å². The fourth-order valence-corrected chi connectivity index (χ4v) is 3.62. The molecule has 2 aromatic carbocycles. The van der Waals surface area contributed by atoms with Crippen molar-refractivity contribution in [2.75, 3.05) is 12.4 Å². The predicted molar refractivity (Wildman–Crippen MR) is 92.8 cm³/mol. The van der Waals surface area contributed by atoms with Crippen molar-refractivity contribution in [2.24, 2.45) is 0 Å². The van der Waals surface area contributed by atoms with Gasteiger partial charge in [0.2, 0.25) is 10.0 Å². The smallest absolute Gasteiger partial charge is 0.255 e. The van der Waals surface area contributed by atoms with Gasteiger partial charge >= 0.3 is 0 Å². The summed E-state index contributed by atoms with van der Waals surface area (Å²) in [4.78, 5) is 12.2. The number of hydrogen-bond donors (Lipinski definition) is 2. The molecule has 0 radical (unpaired) electrons. The summed E-state index contributed by atoms with van der Waals surface area (Å²) in [5, 5.41) is 2.52. The third-order valence-corrected chi connectivity index (χ3v) is 4.87. The second-order valence-corrected chi connectivity index (χ2v) is 7.29. The van der Waals surface area contributed by atoms with Crippen molar-refractivity contribution < 1.29 is 22.3 Å². The molecule has 0 atom stereocenters. The highest BCUT2D eigenvalue weighted by Gasteiger charge is 2.22. The molecule has 0 aromatic heterocycles. The minimum atomic E-state index is -3.85. The first-order chi connectivity index (χ1) is 11.7. The minimum Gasteiger partial charge on any atom is -0.495 e. The van der Waals surface area contributed by atoms with Gasteiger partial charge in [-0.05, 0) is 50.2 Å². The molecule has 0 aliphatic heterocycles. The molecule has 0 fully saturated rings. The Bertz CT molecular complexity index is 882. The van der Waals surface area contributed by atoms with Crippen LogP contribution in [0.2, 0.25) is 0 Å². The fourth-order valence-electron chi connectivity index (χ4n) is 2.17.